The zero-order valence-corrected chi connectivity index (χ0v) is 17.0. The number of hydrogen-bond acceptors (Lipinski definition) is 9. The van der Waals surface area contributed by atoms with Gasteiger partial charge in [-0.05, 0) is 32.9 Å². The van der Waals surface area contributed by atoms with Gasteiger partial charge in [-0.3, -0.25) is 20.2 Å². The molecule has 1 aromatic rings. The molecular formula is C17H22ClN3O8. The second kappa shape index (κ2) is 10.6. The quantitative estimate of drug-likeness (QED) is 0.415. The van der Waals surface area contributed by atoms with E-state index < -0.39 is 34.0 Å². The van der Waals surface area contributed by atoms with E-state index in [4.69, 9.17) is 21.4 Å². The molecule has 0 fully saturated rings. The van der Waals surface area contributed by atoms with Crippen molar-refractivity contribution in [3.05, 3.63) is 60.5 Å². The molecule has 0 aliphatic carbocycles. The van der Waals surface area contributed by atoms with Crippen LogP contribution in [-0.4, -0.2) is 46.9 Å². The Labute approximate surface area is 171 Å². The molecule has 1 aromatic carbocycles. The Balaban J connectivity index is 0.00000132. The number of nitrogens with one attached hydrogen (secondary N) is 1. The lowest BCUT2D eigenvalue weighted by Crippen LogP contribution is -2.50. The van der Waals surface area contributed by atoms with Crippen LogP contribution in [0.15, 0.2) is 29.7 Å². The second-order valence-electron chi connectivity index (χ2n) is 6.01. The molecule has 29 heavy (non-hydrogen) atoms. The molecule has 0 saturated heterocycles. The maximum absolute atomic E-state index is 11.7. The highest BCUT2D eigenvalue weighted by molar-refractivity contribution is 6.30. The third kappa shape index (κ3) is 5.78. The Kier molecular flexibility index (Phi) is 8.80. The predicted octanol–water partition coefficient (Wildman–Crippen LogP) is 2.98. The third-order valence-corrected chi connectivity index (χ3v) is 4.31. The van der Waals surface area contributed by atoms with Crippen LogP contribution in [0.4, 0.5) is 10.5 Å². The maximum atomic E-state index is 11.7. The van der Waals surface area contributed by atoms with Crippen molar-refractivity contribution in [3.8, 4) is 0 Å². The molecule has 2 rings (SSSR count). The Morgan fingerprint density at radius 1 is 1.34 bits per heavy atom. The summed E-state index contributed by atoms with van der Waals surface area (Å²) in [6.07, 6.45) is -1.09. The van der Waals surface area contributed by atoms with Crippen molar-refractivity contribution < 1.29 is 29.2 Å². The minimum absolute atomic E-state index is 0.0178. The highest BCUT2D eigenvalue weighted by Crippen LogP contribution is 2.41. The van der Waals surface area contributed by atoms with Crippen molar-refractivity contribution in [1.29, 1.82) is 0 Å². The van der Waals surface area contributed by atoms with Crippen LogP contribution in [0.1, 0.15) is 32.3 Å². The van der Waals surface area contributed by atoms with Gasteiger partial charge in [0.1, 0.15) is 11.7 Å². The van der Waals surface area contributed by atoms with E-state index in [0.29, 0.717) is 5.70 Å². The van der Waals surface area contributed by atoms with Crippen LogP contribution in [0.2, 0.25) is 5.02 Å². The number of halogens is 1. The number of aliphatic hydroxyl groups excluding tert-OH is 1. The first kappa shape index (κ1) is 24.1. The van der Waals surface area contributed by atoms with E-state index in [-0.39, 0.29) is 28.6 Å². The summed E-state index contributed by atoms with van der Waals surface area (Å²) < 4.78 is 9.57. The normalized spacial score (nSPS) is 20.7. The van der Waals surface area contributed by atoms with E-state index in [0.717, 1.165) is 13.2 Å². The summed E-state index contributed by atoms with van der Waals surface area (Å²) in [5.41, 5.74) is -0.0461. The highest BCUT2D eigenvalue weighted by Gasteiger charge is 2.48. The third-order valence-electron chi connectivity index (χ3n) is 4.07. The highest BCUT2D eigenvalue weighted by atomic mass is 35.5. The van der Waals surface area contributed by atoms with E-state index in [2.05, 4.69) is 10.1 Å². The standard InChI is InChI=1S/C15H16ClN3O7.C2H6O/c1-7-13(19(23)24)12(14(8(2)17-7)26-15(20)25-3)10-6-9(16)4-5-11(10)18(21)22;1-2-3/h4-7,12-13,17H,1-3H3;3H,2H2,1H3. The molecule has 1 aliphatic rings. The lowest BCUT2D eigenvalue weighted by atomic mass is 9.82. The number of nitrogens with zero attached hydrogens (tertiary/aromatic N) is 2. The number of carbonyl (C=O) groups excluding carboxylic acids is 1. The predicted molar refractivity (Wildman–Crippen MR) is 103 cm³/mol. The van der Waals surface area contributed by atoms with Gasteiger partial charge in [-0.25, -0.2) is 4.79 Å². The summed E-state index contributed by atoms with van der Waals surface area (Å²) in [5, 5.41) is 33.7. The minimum atomic E-state index is -1.34. The monoisotopic (exact) mass is 431 g/mol. The van der Waals surface area contributed by atoms with E-state index in [1.165, 1.54) is 12.1 Å². The van der Waals surface area contributed by atoms with Gasteiger partial charge in [0.05, 0.1) is 18.1 Å². The first-order valence-electron chi connectivity index (χ1n) is 8.50. The van der Waals surface area contributed by atoms with Crippen molar-refractivity contribution in [3.63, 3.8) is 0 Å². The molecule has 1 aliphatic heterocycles. The minimum Gasteiger partial charge on any atom is -0.437 e. The number of nitro benzene ring substituents is 1. The summed E-state index contributed by atoms with van der Waals surface area (Å²) >= 11 is 5.96. The molecule has 0 spiro atoms. The van der Waals surface area contributed by atoms with Crippen LogP contribution in [0.3, 0.4) is 0 Å². The molecule has 1 heterocycles. The van der Waals surface area contributed by atoms with E-state index in [1.54, 1.807) is 20.8 Å². The van der Waals surface area contributed by atoms with Gasteiger partial charge in [0.2, 0.25) is 6.04 Å². The molecular weight excluding hydrogens is 410 g/mol. The number of nitro groups is 2. The van der Waals surface area contributed by atoms with Crippen molar-refractivity contribution in [2.24, 2.45) is 0 Å². The summed E-state index contributed by atoms with van der Waals surface area (Å²) in [6, 6.07) is 1.72. The second-order valence-corrected chi connectivity index (χ2v) is 6.44. The summed E-state index contributed by atoms with van der Waals surface area (Å²) in [6.45, 7) is 5.05. The number of methoxy groups -OCH3 is 1. The van der Waals surface area contributed by atoms with Crippen molar-refractivity contribution in [1.82, 2.24) is 5.32 Å². The summed E-state index contributed by atoms with van der Waals surface area (Å²) in [7, 11) is 1.08. The van der Waals surface area contributed by atoms with Crippen LogP contribution in [0, 0.1) is 20.2 Å². The number of hydrogen-bond donors (Lipinski definition) is 2. The average molecular weight is 432 g/mol. The Morgan fingerprint density at radius 3 is 2.41 bits per heavy atom. The van der Waals surface area contributed by atoms with Crippen LogP contribution in [-0.2, 0) is 9.47 Å². The van der Waals surface area contributed by atoms with Gasteiger partial charge in [0.15, 0.2) is 0 Å². The smallest absolute Gasteiger partial charge is 0.437 e. The van der Waals surface area contributed by atoms with Crippen molar-refractivity contribution >= 4 is 23.4 Å². The average Bonchev–Trinajstić information content (AvgIpc) is 2.63. The van der Waals surface area contributed by atoms with Gasteiger partial charge in [-0.1, -0.05) is 11.6 Å². The molecule has 12 heteroatoms. The zero-order valence-electron chi connectivity index (χ0n) is 16.2. The molecule has 11 nitrogen and oxygen atoms in total. The maximum Gasteiger partial charge on any atom is 0.513 e. The van der Waals surface area contributed by atoms with E-state index in [9.17, 15) is 25.0 Å². The first-order chi connectivity index (χ1) is 13.6. The van der Waals surface area contributed by atoms with Crippen molar-refractivity contribution in [2.45, 2.75) is 38.8 Å². The Hall–Kier alpha value is -2.92. The summed E-state index contributed by atoms with van der Waals surface area (Å²) in [4.78, 5) is 33.5. The molecule has 0 saturated carbocycles. The van der Waals surface area contributed by atoms with Crippen LogP contribution in [0.5, 0.6) is 0 Å². The van der Waals surface area contributed by atoms with Gasteiger partial charge < -0.3 is 19.9 Å². The molecule has 2 N–H and O–H groups in total. The van der Waals surface area contributed by atoms with Crippen LogP contribution < -0.4 is 5.32 Å². The SMILES string of the molecule is CCO.COC(=O)OC1=C(C)NC(C)C([N+](=O)[O-])C1c1cc(Cl)ccc1[N+](=O)[O-]. The van der Waals surface area contributed by atoms with Gasteiger partial charge >= 0.3 is 6.16 Å². The molecule has 3 unspecified atom stereocenters. The molecule has 0 amide bonds. The van der Waals surface area contributed by atoms with Crippen molar-refractivity contribution in [2.75, 3.05) is 13.7 Å². The van der Waals surface area contributed by atoms with Crippen LogP contribution in [0.25, 0.3) is 0 Å². The van der Waals surface area contributed by atoms with Gasteiger partial charge in [-0.2, -0.15) is 0 Å². The molecule has 160 valence electrons. The fraction of sp³-hybridized carbons (Fsp3) is 0.471. The van der Waals surface area contributed by atoms with Gasteiger partial charge in [-0.15, -0.1) is 0 Å². The fourth-order valence-electron chi connectivity index (χ4n) is 3.02. The molecule has 3 atom stereocenters. The number of carbonyl (C=O) groups is 1. The Bertz CT molecular complexity index is 814. The molecule has 0 bridgehead atoms. The topological polar surface area (TPSA) is 154 Å². The summed E-state index contributed by atoms with van der Waals surface area (Å²) in [5.74, 6) is -1.33. The largest absolute Gasteiger partial charge is 0.513 e. The molecule has 0 aromatic heterocycles. The lowest BCUT2D eigenvalue weighted by molar-refractivity contribution is -0.530. The number of allylic oxidation sites excluding steroid dienone is 1. The van der Waals surface area contributed by atoms with E-state index in [1.807, 2.05) is 0 Å². The first-order valence-corrected chi connectivity index (χ1v) is 8.88. The number of rotatable bonds is 4. The Morgan fingerprint density at radius 2 is 1.93 bits per heavy atom. The van der Waals surface area contributed by atoms with Crippen LogP contribution >= 0.6 is 11.6 Å². The fourth-order valence-corrected chi connectivity index (χ4v) is 3.20. The van der Waals surface area contributed by atoms with Gasteiger partial charge in [0, 0.05) is 33.9 Å². The lowest BCUT2D eigenvalue weighted by Gasteiger charge is -2.33. The number of aliphatic hydroxyl groups is 1. The number of ether oxygens (including phenoxy) is 2. The zero-order chi connectivity index (χ0) is 22.3. The van der Waals surface area contributed by atoms with Gasteiger partial charge in [0.25, 0.3) is 5.69 Å². The van der Waals surface area contributed by atoms with E-state index >= 15 is 0 Å². The molecule has 0 radical (unpaired) electrons. The number of benzene rings is 1.